The van der Waals surface area contributed by atoms with E-state index in [4.69, 9.17) is 14.5 Å². The van der Waals surface area contributed by atoms with Gasteiger partial charge in [-0.15, -0.1) is 0 Å². The third-order valence-electron chi connectivity index (χ3n) is 5.09. The van der Waals surface area contributed by atoms with Crippen LogP contribution in [0.1, 0.15) is 6.92 Å². The summed E-state index contributed by atoms with van der Waals surface area (Å²) >= 11 is 0. The molecule has 0 aliphatic heterocycles. The summed E-state index contributed by atoms with van der Waals surface area (Å²) in [6, 6.07) is 22.5. The van der Waals surface area contributed by atoms with Crippen molar-refractivity contribution < 1.29 is 9.47 Å². The first-order valence-corrected chi connectivity index (χ1v) is 9.40. The Balaban J connectivity index is 1.87. The highest BCUT2D eigenvalue weighted by molar-refractivity contribution is 6.21. The van der Waals surface area contributed by atoms with Crippen molar-refractivity contribution >= 4 is 32.7 Å². The summed E-state index contributed by atoms with van der Waals surface area (Å²) in [5.41, 5.74) is 5.15. The highest BCUT2D eigenvalue weighted by atomic mass is 16.5. The van der Waals surface area contributed by atoms with Gasteiger partial charge in [-0.2, -0.15) is 0 Å². The molecule has 28 heavy (non-hydrogen) atoms. The van der Waals surface area contributed by atoms with Gasteiger partial charge in [-0.25, -0.2) is 4.98 Å². The molecule has 2 heterocycles. The topological polar surface area (TPSA) is 47.1 Å². The normalized spacial score (nSPS) is 11.4. The number of ether oxygens (including phenoxy) is 2. The fraction of sp³-hybridized carbons (Fsp3) is 0.125. The van der Waals surface area contributed by atoms with Crippen molar-refractivity contribution in [3.05, 3.63) is 66.7 Å². The Morgan fingerprint density at radius 1 is 0.893 bits per heavy atom. The van der Waals surface area contributed by atoms with Crippen LogP contribution in [0.25, 0.3) is 44.0 Å². The van der Waals surface area contributed by atoms with Crippen LogP contribution in [0.2, 0.25) is 0 Å². The maximum Gasteiger partial charge on any atom is 0.119 e. The zero-order valence-electron chi connectivity index (χ0n) is 15.8. The molecule has 1 N–H and O–H groups in total. The lowest BCUT2D eigenvalue weighted by Crippen LogP contribution is -1.92. The molecule has 4 heteroatoms. The molecule has 138 valence electrons. The van der Waals surface area contributed by atoms with Gasteiger partial charge in [0.15, 0.2) is 0 Å². The fourth-order valence-corrected chi connectivity index (χ4v) is 3.79. The van der Waals surface area contributed by atoms with Gasteiger partial charge in [-0.1, -0.05) is 18.2 Å². The smallest absolute Gasteiger partial charge is 0.119 e. The molecular formula is C24H20N2O2. The van der Waals surface area contributed by atoms with Gasteiger partial charge in [-0.3, -0.25) is 0 Å². The Kier molecular flexibility index (Phi) is 3.90. The van der Waals surface area contributed by atoms with E-state index in [9.17, 15) is 0 Å². The van der Waals surface area contributed by atoms with E-state index in [1.165, 1.54) is 0 Å². The van der Waals surface area contributed by atoms with Gasteiger partial charge in [0.05, 0.1) is 30.4 Å². The number of benzene rings is 3. The van der Waals surface area contributed by atoms with E-state index in [1.54, 1.807) is 7.11 Å². The average Bonchev–Trinajstić information content (AvgIpc) is 3.13. The average molecular weight is 368 g/mol. The maximum atomic E-state index is 5.60. The molecule has 0 aliphatic rings. The second-order valence-electron chi connectivity index (χ2n) is 6.72. The minimum Gasteiger partial charge on any atom is -0.497 e. The molecule has 4 nitrogen and oxygen atoms in total. The molecule has 0 amide bonds. The minimum absolute atomic E-state index is 0.653. The zero-order chi connectivity index (χ0) is 19.1. The van der Waals surface area contributed by atoms with E-state index in [-0.39, 0.29) is 0 Å². The Bertz CT molecular complexity index is 1300. The molecule has 0 radical (unpaired) electrons. The lowest BCUT2D eigenvalue weighted by atomic mass is 10.0. The summed E-state index contributed by atoms with van der Waals surface area (Å²) < 4.78 is 11.1. The molecule has 0 bridgehead atoms. The van der Waals surface area contributed by atoms with Crippen LogP contribution >= 0.6 is 0 Å². The van der Waals surface area contributed by atoms with Gasteiger partial charge in [-0.05, 0) is 55.5 Å². The highest BCUT2D eigenvalue weighted by Gasteiger charge is 2.16. The predicted molar refractivity (Wildman–Crippen MR) is 114 cm³/mol. The number of hydrogen-bond donors (Lipinski definition) is 1. The van der Waals surface area contributed by atoms with E-state index in [2.05, 4.69) is 41.4 Å². The SMILES string of the molecule is CCOc1ccc(-c2nc3ccccc3c3[nH]c4ccc(OC)cc4c23)cc1. The summed E-state index contributed by atoms with van der Waals surface area (Å²) in [6.07, 6.45) is 0. The van der Waals surface area contributed by atoms with Gasteiger partial charge in [0, 0.05) is 27.2 Å². The van der Waals surface area contributed by atoms with Crippen molar-refractivity contribution in [3.8, 4) is 22.8 Å². The van der Waals surface area contributed by atoms with Crippen LogP contribution in [0.15, 0.2) is 66.7 Å². The maximum absolute atomic E-state index is 5.60. The van der Waals surface area contributed by atoms with Gasteiger partial charge < -0.3 is 14.5 Å². The number of nitrogens with one attached hydrogen (secondary N) is 1. The highest BCUT2D eigenvalue weighted by Crippen LogP contribution is 2.38. The third kappa shape index (κ3) is 2.57. The molecule has 5 aromatic rings. The first-order valence-electron chi connectivity index (χ1n) is 9.40. The van der Waals surface area contributed by atoms with Crippen molar-refractivity contribution in [2.45, 2.75) is 6.92 Å². The van der Waals surface area contributed by atoms with Crippen LogP contribution in [0.3, 0.4) is 0 Å². The number of methoxy groups -OCH3 is 1. The molecule has 2 aromatic heterocycles. The van der Waals surface area contributed by atoms with Gasteiger partial charge in [0.1, 0.15) is 11.5 Å². The largest absolute Gasteiger partial charge is 0.497 e. The Morgan fingerprint density at radius 2 is 1.68 bits per heavy atom. The monoisotopic (exact) mass is 368 g/mol. The number of para-hydroxylation sites is 1. The van der Waals surface area contributed by atoms with E-state index >= 15 is 0 Å². The Hall–Kier alpha value is -3.53. The van der Waals surface area contributed by atoms with Crippen LogP contribution < -0.4 is 9.47 Å². The minimum atomic E-state index is 0.653. The Morgan fingerprint density at radius 3 is 2.46 bits per heavy atom. The molecule has 0 saturated heterocycles. The standard InChI is InChI=1S/C24H20N2O2/c1-3-28-16-10-8-15(9-11-16)23-22-19-14-17(27-2)12-13-21(19)26-24(22)18-6-4-5-7-20(18)25-23/h4-14,26H,3H2,1-2H3. The number of H-pyrrole nitrogens is 1. The third-order valence-corrected chi connectivity index (χ3v) is 5.09. The fourth-order valence-electron chi connectivity index (χ4n) is 3.79. The van der Waals surface area contributed by atoms with Crippen LogP contribution in [0, 0.1) is 0 Å². The van der Waals surface area contributed by atoms with E-state index in [1.807, 2.05) is 37.3 Å². The lowest BCUT2D eigenvalue weighted by molar-refractivity contribution is 0.340. The molecular weight excluding hydrogens is 348 g/mol. The number of rotatable bonds is 4. The molecule has 0 atom stereocenters. The number of pyridine rings is 1. The second-order valence-corrected chi connectivity index (χ2v) is 6.72. The molecule has 0 spiro atoms. The first-order chi connectivity index (χ1) is 13.8. The zero-order valence-corrected chi connectivity index (χ0v) is 15.8. The van der Waals surface area contributed by atoms with E-state index in [0.717, 1.165) is 55.5 Å². The van der Waals surface area contributed by atoms with Crippen molar-refractivity contribution in [1.82, 2.24) is 9.97 Å². The summed E-state index contributed by atoms with van der Waals surface area (Å²) in [7, 11) is 1.69. The number of hydrogen-bond acceptors (Lipinski definition) is 3. The summed E-state index contributed by atoms with van der Waals surface area (Å²) in [4.78, 5) is 8.62. The number of aromatic nitrogens is 2. The van der Waals surface area contributed by atoms with Crippen molar-refractivity contribution in [3.63, 3.8) is 0 Å². The van der Waals surface area contributed by atoms with Gasteiger partial charge in [0.2, 0.25) is 0 Å². The summed E-state index contributed by atoms with van der Waals surface area (Å²) in [5.74, 6) is 1.70. The molecule has 5 rings (SSSR count). The van der Waals surface area contributed by atoms with Crippen molar-refractivity contribution in [2.75, 3.05) is 13.7 Å². The molecule has 0 aliphatic carbocycles. The number of fused-ring (bicyclic) bond motifs is 5. The summed E-state index contributed by atoms with van der Waals surface area (Å²) in [6.45, 7) is 2.64. The van der Waals surface area contributed by atoms with Crippen LogP contribution in [0.4, 0.5) is 0 Å². The van der Waals surface area contributed by atoms with Crippen LogP contribution in [-0.2, 0) is 0 Å². The molecule has 0 saturated carbocycles. The van der Waals surface area contributed by atoms with Crippen molar-refractivity contribution in [1.29, 1.82) is 0 Å². The summed E-state index contributed by atoms with van der Waals surface area (Å²) in [5, 5.41) is 3.33. The first kappa shape index (κ1) is 16.6. The van der Waals surface area contributed by atoms with Crippen molar-refractivity contribution in [2.24, 2.45) is 0 Å². The van der Waals surface area contributed by atoms with E-state index < -0.39 is 0 Å². The van der Waals surface area contributed by atoms with Gasteiger partial charge >= 0.3 is 0 Å². The van der Waals surface area contributed by atoms with Gasteiger partial charge in [0.25, 0.3) is 0 Å². The Labute approximate surface area is 162 Å². The van der Waals surface area contributed by atoms with E-state index in [0.29, 0.717) is 6.61 Å². The quantitative estimate of drug-likeness (QED) is 0.427. The molecule has 0 fully saturated rings. The van der Waals surface area contributed by atoms with Crippen LogP contribution in [0.5, 0.6) is 11.5 Å². The lowest BCUT2D eigenvalue weighted by Gasteiger charge is -2.09. The number of nitrogens with zero attached hydrogens (tertiary/aromatic N) is 1. The molecule has 0 unspecified atom stereocenters. The number of aromatic amines is 1. The van der Waals surface area contributed by atoms with Crippen LogP contribution in [-0.4, -0.2) is 23.7 Å². The predicted octanol–water partition coefficient (Wildman–Crippen LogP) is 5.94. The molecule has 3 aromatic carbocycles. The second kappa shape index (κ2) is 6.57.